The van der Waals surface area contributed by atoms with E-state index in [-0.39, 0.29) is 11.7 Å². The fourth-order valence-corrected chi connectivity index (χ4v) is 3.89. The summed E-state index contributed by atoms with van der Waals surface area (Å²) in [4.78, 5) is 12.1. The predicted octanol–water partition coefficient (Wildman–Crippen LogP) is 5.28. The SMILES string of the molecule is Cc1ccc(Nc2nnc(SCC(=O)Nc3ccccc3Cl)s2)cc1C. The van der Waals surface area contributed by atoms with E-state index in [4.69, 9.17) is 11.6 Å². The molecule has 0 fully saturated rings. The van der Waals surface area contributed by atoms with Gasteiger partial charge in [-0.15, -0.1) is 10.2 Å². The molecular weight excluding hydrogens is 388 g/mol. The molecule has 134 valence electrons. The van der Waals surface area contributed by atoms with E-state index in [1.165, 1.54) is 34.2 Å². The zero-order valence-corrected chi connectivity index (χ0v) is 16.6. The summed E-state index contributed by atoms with van der Waals surface area (Å²) in [5, 5.41) is 15.5. The van der Waals surface area contributed by atoms with Crippen molar-refractivity contribution in [1.29, 1.82) is 0 Å². The van der Waals surface area contributed by atoms with Crippen molar-refractivity contribution in [2.45, 2.75) is 18.2 Å². The molecule has 3 aromatic rings. The number of hydrogen-bond donors (Lipinski definition) is 2. The number of hydrogen-bond acceptors (Lipinski definition) is 6. The number of halogens is 1. The first kappa shape index (κ1) is 18.7. The first-order valence-electron chi connectivity index (χ1n) is 7.86. The van der Waals surface area contributed by atoms with E-state index in [2.05, 4.69) is 46.8 Å². The van der Waals surface area contributed by atoms with Crippen LogP contribution in [0.4, 0.5) is 16.5 Å². The van der Waals surface area contributed by atoms with Gasteiger partial charge in [-0.1, -0.05) is 52.9 Å². The molecule has 0 unspecified atom stereocenters. The maximum atomic E-state index is 12.1. The lowest BCUT2D eigenvalue weighted by molar-refractivity contribution is -0.113. The van der Waals surface area contributed by atoms with Crippen molar-refractivity contribution in [1.82, 2.24) is 10.2 Å². The molecule has 1 heterocycles. The number of rotatable bonds is 6. The highest BCUT2D eigenvalue weighted by Crippen LogP contribution is 2.28. The van der Waals surface area contributed by atoms with Crippen molar-refractivity contribution in [2.75, 3.05) is 16.4 Å². The molecule has 0 aliphatic rings. The van der Waals surface area contributed by atoms with Crippen LogP contribution in [0.3, 0.4) is 0 Å². The van der Waals surface area contributed by atoms with Gasteiger partial charge in [-0.2, -0.15) is 0 Å². The molecule has 8 heteroatoms. The molecule has 0 atom stereocenters. The van der Waals surface area contributed by atoms with Gasteiger partial charge in [0, 0.05) is 5.69 Å². The Morgan fingerprint density at radius 3 is 2.73 bits per heavy atom. The Labute approximate surface area is 165 Å². The zero-order valence-electron chi connectivity index (χ0n) is 14.2. The van der Waals surface area contributed by atoms with Gasteiger partial charge in [-0.3, -0.25) is 4.79 Å². The van der Waals surface area contributed by atoms with Gasteiger partial charge in [0.25, 0.3) is 0 Å². The minimum Gasteiger partial charge on any atom is -0.330 e. The van der Waals surface area contributed by atoms with Crippen LogP contribution < -0.4 is 10.6 Å². The summed E-state index contributed by atoms with van der Waals surface area (Å²) in [6, 6.07) is 13.3. The Hall–Kier alpha value is -2.09. The number of nitrogens with one attached hydrogen (secondary N) is 2. The average molecular weight is 405 g/mol. The molecular formula is C18H17ClN4OS2. The number of para-hydroxylation sites is 1. The van der Waals surface area contributed by atoms with Crippen molar-refractivity contribution >= 4 is 57.1 Å². The van der Waals surface area contributed by atoms with Crippen LogP contribution in [-0.4, -0.2) is 21.9 Å². The molecule has 2 aromatic carbocycles. The van der Waals surface area contributed by atoms with E-state index in [0.29, 0.717) is 15.8 Å². The van der Waals surface area contributed by atoms with E-state index in [0.717, 1.165) is 10.0 Å². The van der Waals surface area contributed by atoms with E-state index < -0.39 is 0 Å². The summed E-state index contributed by atoms with van der Waals surface area (Å²) in [7, 11) is 0. The van der Waals surface area contributed by atoms with Crippen molar-refractivity contribution < 1.29 is 4.79 Å². The molecule has 0 saturated heterocycles. The van der Waals surface area contributed by atoms with Crippen molar-refractivity contribution in [3.05, 3.63) is 58.6 Å². The number of amides is 1. The molecule has 3 rings (SSSR count). The standard InChI is InChI=1S/C18H17ClN4OS2/c1-11-7-8-13(9-12(11)2)20-17-22-23-18(26-17)25-10-16(24)21-15-6-4-3-5-14(15)19/h3-9H,10H2,1-2H3,(H,20,22)(H,21,24). The third-order valence-electron chi connectivity index (χ3n) is 3.64. The first-order valence-corrected chi connectivity index (χ1v) is 10.0. The smallest absolute Gasteiger partial charge is 0.234 e. The van der Waals surface area contributed by atoms with Crippen molar-refractivity contribution in [2.24, 2.45) is 0 Å². The molecule has 0 aliphatic heterocycles. The van der Waals surface area contributed by atoms with Gasteiger partial charge >= 0.3 is 0 Å². The van der Waals surface area contributed by atoms with Gasteiger partial charge in [-0.25, -0.2) is 0 Å². The highest BCUT2D eigenvalue weighted by Gasteiger charge is 2.10. The Bertz CT molecular complexity index is 929. The predicted molar refractivity (Wildman–Crippen MR) is 110 cm³/mol. The van der Waals surface area contributed by atoms with E-state index in [1.54, 1.807) is 12.1 Å². The van der Waals surface area contributed by atoms with E-state index >= 15 is 0 Å². The van der Waals surface area contributed by atoms with Crippen molar-refractivity contribution in [3.8, 4) is 0 Å². The van der Waals surface area contributed by atoms with Gasteiger partial charge in [-0.05, 0) is 49.2 Å². The van der Waals surface area contributed by atoms with E-state index in [1.807, 2.05) is 18.2 Å². The number of carbonyl (C=O) groups excluding carboxylic acids is 1. The quantitative estimate of drug-likeness (QED) is 0.547. The molecule has 26 heavy (non-hydrogen) atoms. The third kappa shape index (κ3) is 4.97. The minimum absolute atomic E-state index is 0.137. The average Bonchev–Trinajstić information content (AvgIpc) is 3.06. The molecule has 5 nitrogen and oxygen atoms in total. The topological polar surface area (TPSA) is 66.9 Å². The Balaban J connectivity index is 1.54. The monoisotopic (exact) mass is 404 g/mol. The second kappa shape index (κ2) is 8.53. The van der Waals surface area contributed by atoms with Gasteiger partial charge in [0.15, 0.2) is 4.34 Å². The van der Waals surface area contributed by atoms with Gasteiger partial charge in [0.2, 0.25) is 11.0 Å². The fourth-order valence-electron chi connectivity index (χ4n) is 2.14. The van der Waals surface area contributed by atoms with Crippen LogP contribution in [0.15, 0.2) is 46.8 Å². The minimum atomic E-state index is -0.137. The number of nitrogens with zero attached hydrogens (tertiary/aromatic N) is 2. The lowest BCUT2D eigenvalue weighted by atomic mass is 10.1. The molecule has 1 amide bonds. The second-order valence-electron chi connectivity index (χ2n) is 5.61. The molecule has 1 aromatic heterocycles. The number of thioether (sulfide) groups is 1. The molecule has 2 N–H and O–H groups in total. The zero-order chi connectivity index (χ0) is 18.5. The van der Waals surface area contributed by atoms with Crippen LogP contribution >= 0.6 is 34.7 Å². The normalized spacial score (nSPS) is 10.6. The first-order chi connectivity index (χ1) is 12.5. The number of aryl methyl sites for hydroxylation is 2. The van der Waals surface area contributed by atoms with Crippen LogP contribution in [-0.2, 0) is 4.79 Å². The fraction of sp³-hybridized carbons (Fsp3) is 0.167. The largest absolute Gasteiger partial charge is 0.330 e. The third-order valence-corrected chi connectivity index (χ3v) is 5.94. The number of aromatic nitrogens is 2. The molecule has 0 bridgehead atoms. The molecule has 0 saturated carbocycles. The number of benzene rings is 2. The van der Waals surface area contributed by atoms with Crippen molar-refractivity contribution in [3.63, 3.8) is 0 Å². The maximum absolute atomic E-state index is 12.1. The molecule has 0 radical (unpaired) electrons. The van der Waals surface area contributed by atoms with Gasteiger partial charge in [0.1, 0.15) is 0 Å². The highest BCUT2D eigenvalue weighted by molar-refractivity contribution is 8.01. The van der Waals surface area contributed by atoms with Gasteiger partial charge < -0.3 is 10.6 Å². The van der Waals surface area contributed by atoms with Crippen LogP contribution in [0.1, 0.15) is 11.1 Å². The van der Waals surface area contributed by atoms with Gasteiger partial charge in [0.05, 0.1) is 16.5 Å². The summed E-state index contributed by atoms with van der Waals surface area (Å²) in [6.45, 7) is 4.14. The second-order valence-corrected chi connectivity index (χ2v) is 8.22. The van der Waals surface area contributed by atoms with Crippen LogP contribution in [0.25, 0.3) is 0 Å². The molecule has 0 aliphatic carbocycles. The highest BCUT2D eigenvalue weighted by atomic mass is 35.5. The number of carbonyl (C=O) groups is 1. The van der Waals surface area contributed by atoms with Crippen LogP contribution in [0.2, 0.25) is 5.02 Å². The number of anilines is 3. The summed E-state index contributed by atoms with van der Waals surface area (Å²) >= 11 is 8.79. The Kier molecular flexibility index (Phi) is 6.13. The van der Waals surface area contributed by atoms with Crippen LogP contribution in [0.5, 0.6) is 0 Å². The lowest BCUT2D eigenvalue weighted by Gasteiger charge is -2.05. The summed E-state index contributed by atoms with van der Waals surface area (Å²) in [5.41, 5.74) is 4.03. The van der Waals surface area contributed by atoms with Crippen LogP contribution in [0, 0.1) is 13.8 Å². The lowest BCUT2D eigenvalue weighted by Crippen LogP contribution is -2.14. The summed E-state index contributed by atoms with van der Waals surface area (Å²) in [5.74, 6) is 0.103. The summed E-state index contributed by atoms with van der Waals surface area (Å²) < 4.78 is 0.727. The molecule has 0 spiro atoms. The van der Waals surface area contributed by atoms with E-state index in [9.17, 15) is 4.79 Å². The maximum Gasteiger partial charge on any atom is 0.234 e. The summed E-state index contributed by atoms with van der Waals surface area (Å²) in [6.07, 6.45) is 0. The Morgan fingerprint density at radius 1 is 1.15 bits per heavy atom. The Morgan fingerprint density at radius 2 is 1.96 bits per heavy atom.